The lowest BCUT2D eigenvalue weighted by Gasteiger charge is -2.05. The highest BCUT2D eigenvalue weighted by atomic mass is 32.1. The van der Waals surface area contributed by atoms with Crippen molar-refractivity contribution in [2.24, 2.45) is 0 Å². The molecule has 0 fully saturated rings. The zero-order chi connectivity index (χ0) is 16.1. The molecule has 4 nitrogen and oxygen atoms in total. The van der Waals surface area contributed by atoms with E-state index in [1.54, 1.807) is 31.3 Å². The van der Waals surface area contributed by atoms with Crippen LogP contribution in [0.4, 0.5) is 0 Å². The Morgan fingerprint density at radius 1 is 1.27 bits per heavy atom. The van der Waals surface area contributed by atoms with Crippen molar-refractivity contribution < 1.29 is 14.3 Å². The lowest BCUT2D eigenvalue weighted by molar-refractivity contribution is 0.0738. The van der Waals surface area contributed by atoms with E-state index < -0.39 is 0 Å². The van der Waals surface area contributed by atoms with Crippen LogP contribution in [0.2, 0.25) is 0 Å². The second-order valence-electron chi connectivity index (χ2n) is 4.94. The van der Waals surface area contributed by atoms with Gasteiger partial charge in [0, 0.05) is 17.5 Å². The summed E-state index contributed by atoms with van der Waals surface area (Å²) in [6.07, 6.45) is 2.00. The molecule has 0 radical (unpaired) electrons. The van der Waals surface area contributed by atoms with Crippen molar-refractivity contribution in [3.63, 3.8) is 0 Å². The van der Waals surface area contributed by atoms with Crippen LogP contribution in [0.25, 0.3) is 0 Å². The number of amides is 1. The van der Waals surface area contributed by atoms with Gasteiger partial charge in [0.2, 0.25) is 0 Å². The molecule has 0 aliphatic rings. The maximum atomic E-state index is 12.2. The molecule has 1 amide bonds. The second kappa shape index (κ2) is 7.22. The van der Waals surface area contributed by atoms with Crippen LogP contribution >= 0.6 is 11.3 Å². The molecule has 22 heavy (non-hydrogen) atoms. The van der Waals surface area contributed by atoms with E-state index in [2.05, 4.69) is 12.2 Å². The molecule has 1 aromatic carbocycles. The molecule has 1 aromatic heterocycles. The number of thiophene rings is 1. The Kier molecular flexibility index (Phi) is 5.33. The van der Waals surface area contributed by atoms with Crippen LogP contribution in [0.5, 0.6) is 5.75 Å². The molecule has 0 aliphatic heterocycles. The molecule has 2 rings (SSSR count). The minimum absolute atomic E-state index is 0.213. The summed E-state index contributed by atoms with van der Waals surface area (Å²) < 4.78 is 5.37. The number of nitrogens with one attached hydrogen (secondary N) is 1. The maximum absolute atomic E-state index is 12.2. The Morgan fingerprint density at radius 2 is 2.05 bits per heavy atom. The van der Waals surface area contributed by atoms with Crippen molar-refractivity contribution in [3.8, 4) is 5.75 Å². The first kappa shape index (κ1) is 16.2. The topological polar surface area (TPSA) is 55.4 Å². The lowest BCUT2D eigenvalue weighted by Crippen LogP contribution is -2.17. The van der Waals surface area contributed by atoms with E-state index >= 15 is 0 Å². The van der Waals surface area contributed by atoms with Crippen molar-refractivity contribution in [2.75, 3.05) is 7.05 Å². The van der Waals surface area contributed by atoms with Gasteiger partial charge in [0.25, 0.3) is 5.91 Å². The molecule has 0 bridgehead atoms. The van der Waals surface area contributed by atoms with Crippen molar-refractivity contribution in [2.45, 2.75) is 26.7 Å². The third kappa shape index (κ3) is 3.74. The predicted molar refractivity (Wildman–Crippen MR) is 87.8 cm³/mol. The van der Waals surface area contributed by atoms with Gasteiger partial charge in [0.1, 0.15) is 10.6 Å². The zero-order valence-electron chi connectivity index (χ0n) is 12.9. The summed E-state index contributed by atoms with van der Waals surface area (Å²) in [7, 11) is 1.56. The summed E-state index contributed by atoms with van der Waals surface area (Å²) in [5.41, 5.74) is 1.65. The Balaban J connectivity index is 2.15. The van der Waals surface area contributed by atoms with E-state index in [1.165, 1.54) is 16.9 Å². The summed E-state index contributed by atoms with van der Waals surface area (Å²) >= 11 is 1.44. The molecule has 1 N–H and O–H groups in total. The van der Waals surface area contributed by atoms with Crippen molar-refractivity contribution in [1.82, 2.24) is 5.32 Å². The van der Waals surface area contributed by atoms with Crippen molar-refractivity contribution in [1.29, 1.82) is 0 Å². The van der Waals surface area contributed by atoms with Crippen molar-refractivity contribution >= 4 is 23.2 Å². The Labute approximate surface area is 134 Å². The third-order valence-electron chi connectivity index (χ3n) is 3.27. The van der Waals surface area contributed by atoms with E-state index in [9.17, 15) is 9.59 Å². The predicted octanol–water partition coefficient (Wildman–Crippen LogP) is 3.59. The first-order chi connectivity index (χ1) is 10.5. The Morgan fingerprint density at radius 3 is 2.73 bits per heavy atom. The maximum Gasteiger partial charge on any atom is 0.353 e. The number of carbonyl (C=O) groups is 2. The van der Waals surface area contributed by atoms with Gasteiger partial charge in [0.15, 0.2) is 0 Å². The van der Waals surface area contributed by atoms with Gasteiger partial charge >= 0.3 is 5.97 Å². The standard InChI is InChI=1S/C17H19NO3S/c1-4-6-12-10-15(22-11(12)2)17(20)21-14-8-5-7-13(9-14)16(19)18-3/h5,7-10H,4,6H2,1-3H3,(H,18,19). The molecule has 0 unspecified atom stereocenters. The molecule has 0 aliphatic carbocycles. The normalized spacial score (nSPS) is 10.3. The van der Waals surface area contributed by atoms with E-state index in [4.69, 9.17) is 4.74 Å². The van der Waals surface area contributed by atoms with Crippen LogP contribution in [-0.2, 0) is 6.42 Å². The van der Waals surface area contributed by atoms with Crippen LogP contribution in [-0.4, -0.2) is 18.9 Å². The number of hydrogen-bond acceptors (Lipinski definition) is 4. The van der Waals surface area contributed by atoms with Gasteiger partial charge in [-0.3, -0.25) is 4.79 Å². The molecule has 0 spiro atoms. The fraction of sp³-hybridized carbons (Fsp3) is 0.294. The number of rotatable bonds is 5. The van der Waals surface area contributed by atoms with Gasteiger partial charge in [-0.1, -0.05) is 19.4 Å². The van der Waals surface area contributed by atoms with Gasteiger partial charge in [-0.2, -0.15) is 0 Å². The summed E-state index contributed by atoms with van der Waals surface area (Å²) in [6.45, 7) is 4.12. The van der Waals surface area contributed by atoms with E-state index in [0.717, 1.165) is 17.7 Å². The molecule has 0 saturated heterocycles. The molecule has 1 heterocycles. The van der Waals surface area contributed by atoms with E-state index in [-0.39, 0.29) is 11.9 Å². The average molecular weight is 317 g/mol. The number of carbonyl (C=O) groups excluding carboxylic acids is 2. The summed E-state index contributed by atoms with van der Waals surface area (Å²) in [5, 5.41) is 2.54. The van der Waals surface area contributed by atoms with Crippen molar-refractivity contribution in [3.05, 3.63) is 51.2 Å². The summed E-state index contributed by atoms with van der Waals surface area (Å²) in [5.74, 6) is -0.228. The second-order valence-corrected chi connectivity index (χ2v) is 6.19. The van der Waals surface area contributed by atoms with Crippen LogP contribution in [0.15, 0.2) is 30.3 Å². The quantitative estimate of drug-likeness (QED) is 0.677. The number of hydrogen-bond donors (Lipinski definition) is 1. The van der Waals surface area contributed by atoms with Gasteiger partial charge in [-0.25, -0.2) is 4.79 Å². The molecular formula is C17H19NO3S. The largest absolute Gasteiger partial charge is 0.422 e. The van der Waals surface area contributed by atoms with E-state index in [0.29, 0.717) is 16.2 Å². The number of ether oxygens (including phenoxy) is 1. The highest BCUT2D eigenvalue weighted by Crippen LogP contribution is 2.24. The fourth-order valence-corrected chi connectivity index (χ4v) is 3.09. The summed E-state index contributed by atoms with van der Waals surface area (Å²) in [6, 6.07) is 8.48. The van der Waals surface area contributed by atoms with Crippen LogP contribution in [0.1, 0.15) is 43.8 Å². The Bertz CT molecular complexity index is 691. The molecule has 5 heteroatoms. The summed E-state index contributed by atoms with van der Waals surface area (Å²) in [4.78, 5) is 25.5. The van der Waals surface area contributed by atoms with Gasteiger partial charge < -0.3 is 10.1 Å². The molecule has 116 valence electrons. The number of esters is 1. The zero-order valence-corrected chi connectivity index (χ0v) is 13.8. The molecule has 0 atom stereocenters. The molecular weight excluding hydrogens is 298 g/mol. The minimum atomic E-state index is -0.385. The van der Waals surface area contributed by atoms with Gasteiger partial charge in [-0.15, -0.1) is 11.3 Å². The highest BCUT2D eigenvalue weighted by molar-refractivity contribution is 7.14. The highest BCUT2D eigenvalue weighted by Gasteiger charge is 2.15. The van der Waals surface area contributed by atoms with Crippen LogP contribution in [0, 0.1) is 6.92 Å². The van der Waals surface area contributed by atoms with E-state index in [1.807, 2.05) is 13.0 Å². The number of aryl methyl sites for hydroxylation is 2. The first-order valence-electron chi connectivity index (χ1n) is 7.18. The smallest absolute Gasteiger partial charge is 0.353 e. The third-order valence-corrected chi connectivity index (χ3v) is 4.35. The first-order valence-corrected chi connectivity index (χ1v) is 8.00. The van der Waals surface area contributed by atoms with Gasteiger partial charge in [-0.05, 0) is 43.2 Å². The minimum Gasteiger partial charge on any atom is -0.422 e. The molecule has 0 saturated carbocycles. The lowest BCUT2D eigenvalue weighted by atomic mass is 10.1. The fourth-order valence-electron chi connectivity index (χ4n) is 2.14. The SMILES string of the molecule is CCCc1cc(C(=O)Oc2cccc(C(=O)NC)c2)sc1C. The average Bonchev–Trinajstić information content (AvgIpc) is 2.88. The van der Waals surface area contributed by atoms with Gasteiger partial charge in [0.05, 0.1) is 0 Å². The number of benzene rings is 1. The monoisotopic (exact) mass is 317 g/mol. The van der Waals surface area contributed by atoms with Crippen LogP contribution < -0.4 is 10.1 Å². The molecule has 2 aromatic rings. The van der Waals surface area contributed by atoms with Crippen LogP contribution in [0.3, 0.4) is 0 Å². The Hall–Kier alpha value is -2.14.